The maximum Gasteiger partial charge on any atom is 0.227 e. The second-order valence-corrected chi connectivity index (χ2v) is 5.79. The van der Waals surface area contributed by atoms with Gasteiger partial charge in [0.2, 0.25) is 5.91 Å². The number of aromatic amines is 1. The molecule has 0 saturated heterocycles. The van der Waals surface area contributed by atoms with E-state index in [1.165, 1.54) is 12.1 Å². The molecule has 110 valence electrons. The minimum Gasteiger partial charge on any atom is -0.322 e. The molecule has 2 N–H and O–H groups in total. The molecule has 1 heterocycles. The predicted octanol–water partition coefficient (Wildman–Crippen LogP) is 3.69. The van der Waals surface area contributed by atoms with Crippen molar-refractivity contribution in [3.63, 3.8) is 0 Å². The molecule has 4 nitrogen and oxygen atoms in total. The summed E-state index contributed by atoms with van der Waals surface area (Å²) in [7, 11) is 0. The largest absolute Gasteiger partial charge is 0.322 e. The molecule has 1 aliphatic carbocycles. The normalized spacial score (nSPS) is 14.5. The lowest BCUT2D eigenvalue weighted by atomic mass is 10.1. The quantitative estimate of drug-likeness (QED) is 0.901. The standard InChI is InChI=1S/C16H18FN3O/c1-9(2)16(21)18-15-13(10-6-7-10)19-20-14(15)11-4-3-5-12(17)8-11/h3-5,8-10H,6-7H2,1-2H3,(H,18,21)(H,19,20). The Kier molecular flexibility index (Phi) is 3.49. The van der Waals surface area contributed by atoms with E-state index in [1.807, 2.05) is 13.8 Å². The minimum atomic E-state index is -0.315. The summed E-state index contributed by atoms with van der Waals surface area (Å²) in [6.07, 6.45) is 2.19. The van der Waals surface area contributed by atoms with Gasteiger partial charge in [-0.15, -0.1) is 0 Å². The molecule has 0 bridgehead atoms. The molecule has 1 aliphatic rings. The SMILES string of the molecule is CC(C)C(=O)Nc1c(-c2cccc(F)c2)n[nH]c1C1CC1. The molecule has 1 aromatic carbocycles. The van der Waals surface area contributed by atoms with Crippen LogP contribution in [0.4, 0.5) is 10.1 Å². The Morgan fingerprint density at radius 3 is 2.81 bits per heavy atom. The summed E-state index contributed by atoms with van der Waals surface area (Å²) in [6.45, 7) is 3.68. The van der Waals surface area contributed by atoms with E-state index in [4.69, 9.17) is 0 Å². The number of H-pyrrole nitrogens is 1. The Morgan fingerprint density at radius 2 is 2.19 bits per heavy atom. The Labute approximate surface area is 122 Å². The zero-order valence-corrected chi connectivity index (χ0v) is 12.1. The molecule has 0 spiro atoms. The first-order valence-electron chi connectivity index (χ1n) is 7.21. The molecular weight excluding hydrogens is 269 g/mol. The maximum atomic E-state index is 13.4. The first kappa shape index (κ1) is 13.8. The number of carbonyl (C=O) groups is 1. The molecule has 1 aromatic heterocycles. The molecule has 1 fully saturated rings. The van der Waals surface area contributed by atoms with Gasteiger partial charge in [-0.25, -0.2) is 4.39 Å². The molecule has 1 saturated carbocycles. The van der Waals surface area contributed by atoms with E-state index in [-0.39, 0.29) is 17.6 Å². The van der Waals surface area contributed by atoms with Crippen LogP contribution in [-0.4, -0.2) is 16.1 Å². The number of anilines is 1. The Morgan fingerprint density at radius 1 is 1.43 bits per heavy atom. The van der Waals surface area contributed by atoms with Gasteiger partial charge in [0.05, 0.1) is 11.4 Å². The summed E-state index contributed by atoms with van der Waals surface area (Å²) < 4.78 is 13.4. The average molecular weight is 287 g/mol. The number of hydrogen-bond acceptors (Lipinski definition) is 2. The van der Waals surface area contributed by atoms with Crippen LogP contribution in [0, 0.1) is 11.7 Å². The second-order valence-electron chi connectivity index (χ2n) is 5.79. The number of hydrogen-bond donors (Lipinski definition) is 2. The van der Waals surface area contributed by atoms with Crippen molar-refractivity contribution >= 4 is 11.6 Å². The fourth-order valence-corrected chi connectivity index (χ4v) is 2.26. The molecule has 0 unspecified atom stereocenters. The molecule has 0 atom stereocenters. The van der Waals surface area contributed by atoms with Crippen LogP contribution in [0.15, 0.2) is 24.3 Å². The van der Waals surface area contributed by atoms with Crippen molar-refractivity contribution in [1.29, 1.82) is 0 Å². The fourth-order valence-electron chi connectivity index (χ4n) is 2.26. The Bertz CT molecular complexity index is 674. The van der Waals surface area contributed by atoms with Crippen molar-refractivity contribution in [3.05, 3.63) is 35.8 Å². The van der Waals surface area contributed by atoms with Gasteiger partial charge in [0, 0.05) is 17.4 Å². The van der Waals surface area contributed by atoms with E-state index >= 15 is 0 Å². The zero-order valence-electron chi connectivity index (χ0n) is 12.1. The second kappa shape index (κ2) is 5.31. The van der Waals surface area contributed by atoms with Gasteiger partial charge < -0.3 is 5.32 Å². The molecule has 0 aliphatic heterocycles. The minimum absolute atomic E-state index is 0.0593. The van der Waals surface area contributed by atoms with Gasteiger partial charge in [0.25, 0.3) is 0 Å². The predicted molar refractivity (Wildman–Crippen MR) is 79.4 cm³/mol. The Balaban J connectivity index is 2.02. The molecule has 1 amide bonds. The molecule has 5 heteroatoms. The van der Waals surface area contributed by atoms with Gasteiger partial charge in [-0.1, -0.05) is 26.0 Å². The lowest BCUT2D eigenvalue weighted by molar-refractivity contribution is -0.118. The van der Waals surface area contributed by atoms with Gasteiger partial charge in [0.15, 0.2) is 0 Å². The highest BCUT2D eigenvalue weighted by molar-refractivity contribution is 5.96. The van der Waals surface area contributed by atoms with Crippen molar-refractivity contribution < 1.29 is 9.18 Å². The van der Waals surface area contributed by atoms with Gasteiger partial charge in [-0.05, 0) is 25.0 Å². The number of nitrogens with one attached hydrogen (secondary N) is 2. The monoisotopic (exact) mass is 287 g/mol. The third-order valence-electron chi connectivity index (χ3n) is 3.65. The van der Waals surface area contributed by atoms with Crippen molar-refractivity contribution in [1.82, 2.24) is 10.2 Å². The molecular formula is C16H18FN3O. The van der Waals surface area contributed by atoms with Crippen LogP contribution >= 0.6 is 0 Å². The van der Waals surface area contributed by atoms with E-state index in [0.717, 1.165) is 18.5 Å². The van der Waals surface area contributed by atoms with E-state index in [2.05, 4.69) is 15.5 Å². The lowest BCUT2D eigenvalue weighted by Gasteiger charge is -2.10. The number of carbonyl (C=O) groups excluding carboxylic acids is 1. The smallest absolute Gasteiger partial charge is 0.227 e. The summed E-state index contributed by atoms with van der Waals surface area (Å²) in [5.41, 5.74) is 2.91. The van der Waals surface area contributed by atoms with Gasteiger partial charge in [-0.2, -0.15) is 5.10 Å². The van der Waals surface area contributed by atoms with Crippen LogP contribution in [0.2, 0.25) is 0 Å². The summed E-state index contributed by atoms with van der Waals surface area (Å²) in [5.74, 6) is -0.0739. The summed E-state index contributed by atoms with van der Waals surface area (Å²) >= 11 is 0. The Hall–Kier alpha value is -2.17. The summed E-state index contributed by atoms with van der Waals surface area (Å²) in [5, 5.41) is 10.2. The van der Waals surface area contributed by atoms with E-state index in [0.29, 0.717) is 22.9 Å². The number of rotatable bonds is 4. The van der Waals surface area contributed by atoms with Crippen molar-refractivity contribution in [2.75, 3.05) is 5.32 Å². The number of nitrogens with zero attached hydrogens (tertiary/aromatic N) is 1. The highest BCUT2D eigenvalue weighted by atomic mass is 19.1. The van der Waals surface area contributed by atoms with Gasteiger partial charge in [0.1, 0.15) is 11.5 Å². The number of amides is 1. The maximum absolute atomic E-state index is 13.4. The summed E-state index contributed by atoms with van der Waals surface area (Å²) in [6, 6.07) is 6.26. The van der Waals surface area contributed by atoms with Crippen LogP contribution in [0.5, 0.6) is 0 Å². The van der Waals surface area contributed by atoms with Crippen molar-refractivity contribution in [2.45, 2.75) is 32.6 Å². The van der Waals surface area contributed by atoms with Crippen LogP contribution in [0.3, 0.4) is 0 Å². The molecule has 21 heavy (non-hydrogen) atoms. The third-order valence-corrected chi connectivity index (χ3v) is 3.65. The van der Waals surface area contributed by atoms with E-state index < -0.39 is 0 Å². The van der Waals surface area contributed by atoms with Gasteiger partial charge in [-0.3, -0.25) is 9.89 Å². The summed E-state index contributed by atoms with van der Waals surface area (Å²) in [4.78, 5) is 12.0. The first-order valence-corrected chi connectivity index (χ1v) is 7.21. The molecule has 2 aromatic rings. The van der Waals surface area contributed by atoms with E-state index in [9.17, 15) is 9.18 Å². The average Bonchev–Trinajstić information content (AvgIpc) is 3.20. The van der Waals surface area contributed by atoms with Crippen LogP contribution in [-0.2, 0) is 4.79 Å². The van der Waals surface area contributed by atoms with Gasteiger partial charge >= 0.3 is 0 Å². The number of aromatic nitrogens is 2. The zero-order chi connectivity index (χ0) is 15.0. The van der Waals surface area contributed by atoms with Crippen molar-refractivity contribution in [3.8, 4) is 11.3 Å². The highest BCUT2D eigenvalue weighted by Crippen LogP contribution is 2.45. The van der Waals surface area contributed by atoms with Crippen LogP contribution in [0.25, 0.3) is 11.3 Å². The fraction of sp³-hybridized carbons (Fsp3) is 0.375. The number of benzene rings is 1. The van der Waals surface area contributed by atoms with Crippen LogP contribution < -0.4 is 5.32 Å². The van der Waals surface area contributed by atoms with Crippen molar-refractivity contribution in [2.24, 2.45) is 5.92 Å². The van der Waals surface area contributed by atoms with E-state index in [1.54, 1.807) is 12.1 Å². The lowest BCUT2D eigenvalue weighted by Crippen LogP contribution is -2.18. The molecule has 3 rings (SSSR count). The third kappa shape index (κ3) is 2.82. The highest BCUT2D eigenvalue weighted by Gasteiger charge is 2.31. The number of halogens is 1. The first-order chi connectivity index (χ1) is 10.1. The topological polar surface area (TPSA) is 57.8 Å². The van der Waals surface area contributed by atoms with Crippen LogP contribution in [0.1, 0.15) is 38.3 Å². The molecule has 0 radical (unpaired) electrons.